The minimum absolute atomic E-state index is 0.0237. The third-order valence-electron chi connectivity index (χ3n) is 7.36. The number of halogens is 1. The summed E-state index contributed by atoms with van der Waals surface area (Å²) in [4.78, 5) is 11.2. The molecule has 8 nitrogen and oxygen atoms in total. The van der Waals surface area contributed by atoms with E-state index < -0.39 is 5.82 Å². The molecule has 1 aliphatic rings. The summed E-state index contributed by atoms with van der Waals surface area (Å²) in [6.07, 6.45) is 2.20. The molecule has 9 heteroatoms. The van der Waals surface area contributed by atoms with Crippen molar-refractivity contribution in [3.05, 3.63) is 89.2 Å². The first-order valence-electron chi connectivity index (χ1n) is 14.9. The van der Waals surface area contributed by atoms with E-state index in [0.717, 1.165) is 43.0 Å². The van der Waals surface area contributed by atoms with Crippen molar-refractivity contribution in [2.45, 2.75) is 44.8 Å². The molecule has 0 aromatic heterocycles. The Kier molecular flexibility index (Phi) is 13.1. The van der Waals surface area contributed by atoms with Gasteiger partial charge >= 0.3 is 0 Å². The van der Waals surface area contributed by atoms with Crippen molar-refractivity contribution in [2.24, 2.45) is 0 Å². The van der Waals surface area contributed by atoms with E-state index in [-0.39, 0.29) is 30.3 Å². The number of piperidine rings is 1. The molecule has 0 saturated carbocycles. The Labute approximate surface area is 253 Å². The van der Waals surface area contributed by atoms with Crippen molar-refractivity contribution in [3.63, 3.8) is 0 Å². The summed E-state index contributed by atoms with van der Waals surface area (Å²) in [5.41, 5.74) is 2.95. The van der Waals surface area contributed by atoms with Crippen LogP contribution in [0.3, 0.4) is 0 Å². The van der Waals surface area contributed by atoms with E-state index in [4.69, 9.17) is 23.7 Å². The predicted molar refractivity (Wildman–Crippen MR) is 163 cm³/mol. The Balaban J connectivity index is 1.19. The standard InChI is InChI=1S/C34H43FN2O6/c1-25(38)37-18-15-27-8-5-9-31(35)34(27)43-22-21-42-33-23-36-17-16-30(33)26-11-13-29(14-12-26)41-20-6-19-40-24-28-7-3-4-10-32(28)39-2/h3-5,7-14,30,33,36H,6,15-24H2,1-2H3,(H,37,38). The molecule has 0 bridgehead atoms. The third-order valence-corrected chi connectivity index (χ3v) is 7.36. The van der Waals surface area contributed by atoms with Gasteiger partial charge in [-0.15, -0.1) is 0 Å². The number of hydrogen-bond acceptors (Lipinski definition) is 7. The van der Waals surface area contributed by atoms with Gasteiger partial charge in [0.25, 0.3) is 0 Å². The van der Waals surface area contributed by atoms with Crippen LogP contribution in [0.4, 0.5) is 4.39 Å². The van der Waals surface area contributed by atoms with Crippen LogP contribution in [0.1, 0.15) is 42.4 Å². The highest BCUT2D eigenvalue weighted by atomic mass is 19.1. The van der Waals surface area contributed by atoms with Crippen LogP contribution >= 0.6 is 0 Å². The lowest BCUT2D eigenvalue weighted by molar-refractivity contribution is -0.118. The monoisotopic (exact) mass is 594 g/mol. The van der Waals surface area contributed by atoms with Crippen molar-refractivity contribution in [2.75, 3.05) is 53.2 Å². The number of nitrogens with one attached hydrogen (secondary N) is 2. The number of hydrogen-bond donors (Lipinski definition) is 2. The van der Waals surface area contributed by atoms with Crippen molar-refractivity contribution in [1.82, 2.24) is 10.6 Å². The molecule has 43 heavy (non-hydrogen) atoms. The fourth-order valence-corrected chi connectivity index (χ4v) is 5.18. The molecule has 1 heterocycles. The summed E-state index contributed by atoms with van der Waals surface area (Å²) < 4.78 is 43.6. The summed E-state index contributed by atoms with van der Waals surface area (Å²) >= 11 is 0. The molecular weight excluding hydrogens is 551 g/mol. The number of para-hydroxylation sites is 2. The molecule has 3 aromatic carbocycles. The Morgan fingerprint density at radius 2 is 1.77 bits per heavy atom. The van der Waals surface area contributed by atoms with E-state index >= 15 is 0 Å². The second kappa shape index (κ2) is 17.5. The van der Waals surface area contributed by atoms with Crippen LogP contribution in [-0.2, 0) is 27.3 Å². The molecule has 3 aromatic rings. The zero-order chi connectivity index (χ0) is 30.3. The maximum atomic E-state index is 14.5. The smallest absolute Gasteiger partial charge is 0.216 e. The number of ether oxygens (including phenoxy) is 5. The molecule has 1 aliphatic heterocycles. The molecule has 1 saturated heterocycles. The topological polar surface area (TPSA) is 87.3 Å². The quantitative estimate of drug-likeness (QED) is 0.212. The summed E-state index contributed by atoms with van der Waals surface area (Å²) in [6, 6.07) is 20.9. The number of carbonyl (C=O) groups is 1. The largest absolute Gasteiger partial charge is 0.496 e. The number of carbonyl (C=O) groups excluding carboxylic acids is 1. The molecule has 232 valence electrons. The average molecular weight is 595 g/mol. The maximum absolute atomic E-state index is 14.5. The molecule has 2 unspecified atom stereocenters. The van der Waals surface area contributed by atoms with Crippen LogP contribution in [0.15, 0.2) is 66.7 Å². The number of rotatable bonds is 17. The van der Waals surface area contributed by atoms with Crippen LogP contribution in [0, 0.1) is 5.82 Å². The summed E-state index contributed by atoms with van der Waals surface area (Å²) in [5, 5.41) is 6.15. The molecule has 0 spiro atoms. The van der Waals surface area contributed by atoms with E-state index in [1.54, 1.807) is 13.2 Å². The van der Waals surface area contributed by atoms with Gasteiger partial charge in [0.1, 0.15) is 18.1 Å². The number of benzene rings is 3. The van der Waals surface area contributed by atoms with Crippen LogP contribution < -0.4 is 24.8 Å². The fraction of sp³-hybridized carbons (Fsp3) is 0.441. The van der Waals surface area contributed by atoms with E-state index in [9.17, 15) is 9.18 Å². The van der Waals surface area contributed by atoms with Crippen molar-refractivity contribution in [3.8, 4) is 17.2 Å². The first-order valence-corrected chi connectivity index (χ1v) is 14.9. The van der Waals surface area contributed by atoms with E-state index in [1.165, 1.54) is 18.6 Å². The zero-order valence-electron chi connectivity index (χ0n) is 25.1. The van der Waals surface area contributed by atoms with Gasteiger partial charge < -0.3 is 34.3 Å². The summed E-state index contributed by atoms with van der Waals surface area (Å²) in [7, 11) is 1.66. The normalized spacial score (nSPS) is 16.4. The SMILES string of the molecule is COc1ccccc1COCCCOc1ccc(C2CCNCC2OCCOc2c(F)cccc2CCNC(C)=O)cc1. The Morgan fingerprint density at radius 1 is 0.953 bits per heavy atom. The van der Waals surface area contributed by atoms with E-state index in [1.807, 2.05) is 42.5 Å². The highest BCUT2D eigenvalue weighted by Crippen LogP contribution is 2.29. The highest BCUT2D eigenvalue weighted by Gasteiger charge is 2.27. The second-order valence-electron chi connectivity index (χ2n) is 10.5. The van der Waals surface area contributed by atoms with Crippen molar-refractivity contribution < 1.29 is 32.9 Å². The van der Waals surface area contributed by atoms with Crippen LogP contribution in [0.2, 0.25) is 0 Å². The van der Waals surface area contributed by atoms with Gasteiger partial charge in [0.2, 0.25) is 5.91 Å². The fourth-order valence-electron chi connectivity index (χ4n) is 5.18. The molecule has 1 fully saturated rings. The molecule has 2 atom stereocenters. The molecule has 2 N–H and O–H groups in total. The summed E-state index contributed by atoms with van der Waals surface area (Å²) in [6.45, 7) is 5.78. The van der Waals surface area contributed by atoms with Crippen molar-refractivity contribution >= 4 is 5.91 Å². The van der Waals surface area contributed by atoms with E-state index in [0.29, 0.717) is 45.0 Å². The lowest BCUT2D eigenvalue weighted by atomic mass is 9.88. The van der Waals surface area contributed by atoms with E-state index in [2.05, 4.69) is 22.8 Å². The van der Waals surface area contributed by atoms with Crippen molar-refractivity contribution in [1.29, 1.82) is 0 Å². The Bertz CT molecular complexity index is 1270. The zero-order valence-corrected chi connectivity index (χ0v) is 25.1. The van der Waals surface area contributed by atoms with Crippen LogP contribution in [0.5, 0.6) is 17.2 Å². The molecule has 1 amide bonds. The predicted octanol–water partition coefficient (Wildman–Crippen LogP) is 5.04. The molecular formula is C34H43FN2O6. The second-order valence-corrected chi connectivity index (χ2v) is 10.5. The van der Waals surface area contributed by atoms with Gasteiger partial charge in [-0.3, -0.25) is 4.79 Å². The maximum Gasteiger partial charge on any atom is 0.216 e. The van der Waals surface area contributed by atoms with Gasteiger partial charge in [-0.2, -0.15) is 0 Å². The van der Waals surface area contributed by atoms with Crippen LogP contribution in [-0.4, -0.2) is 65.2 Å². The average Bonchev–Trinajstić information content (AvgIpc) is 3.02. The molecule has 0 radical (unpaired) electrons. The highest BCUT2D eigenvalue weighted by molar-refractivity contribution is 5.72. The number of methoxy groups -OCH3 is 1. The lowest BCUT2D eigenvalue weighted by Gasteiger charge is -2.32. The first-order chi connectivity index (χ1) is 21.0. The van der Waals surface area contributed by atoms with Gasteiger partial charge in [-0.05, 0) is 54.8 Å². The van der Waals surface area contributed by atoms with Gasteiger partial charge in [0.15, 0.2) is 11.6 Å². The van der Waals surface area contributed by atoms with Crippen LogP contribution in [0.25, 0.3) is 0 Å². The minimum atomic E-state index is -0.416. The Morgan fingerprint density at radius 3 is 2.58 bits per heavy atom. The molecule has 0 aliphatic carbocycles. The van der Waals surface area contributed by atoms with Gasteiger partial charge in [0, 0.05) is 37.9 Å². The number of amides is 1. The van der Waals surface area contributed by atoms with Gasteiger partial charge in [-0.1, -0.05) is 42.5 Å². The first kappa shape index (κ1) is 32.3. The van der Waals surface area contributed by atoms with Gasteiger partial charge in [0.05, 0.1) is 39.6 Å². The van der Waals surface area contributed by atoms with Gasteiger partial charge in [-0.25, -0.2) is 4.39 Å². The molecule has 4 rings (SSSR count). The third kappa shape index (κ3) is 10.2. The minimum Gasteiger partial charge on any atom is -0.496 e. The lowest BCUT2D eigenvalue weighted by Crippen LogP contribution is -2.41. The Hall–Kier alpha value is -3.66. The summed E-state index contributed by atoms with van der Waals surface area (Å²) in [5.74, 6) is 1.58.